The number of benzene rings is 1. The van der Waals surface area contributed by atoms with E-state index in [0.717, 1.165) is 12.1 Å². The number of nitrogens with zero attached hydrogens (tertiary/aromatic N) is 1. The van der Waals surface area contributed by atoms with E-state index in [1.807, 2.05) is 0 Å². The number of nitro groups is 1. The lowest BCUT2D eigenvalue weighted by Crippen LogP contribution is -2.03. The molecule has 2 aromatic rings. The average Bonchev–Trinajstić information content (AvgIpc) is 2.88. The molecule has 0 aliphatic heterocycles. The molecule has 0 saturated carbocycles. The van der Waals surface area contributed by atoms with Gasteiger partial charge in [-0.15, -0.1) is 0 Å². The molecule has 0 unspecified atom stereocenters. The molecule has 98 valence electrons. The Balaban J connectivity index is 2.20. The molecule has 0 aliphatic carbocycles. The molecule has 7 nitrogen and oxygen atoms in total. The number of carbonyl (C=O) groups is 1. The van der Waals surface area contributed by atoms with E-state index in [2.05, 4.69) is 0 Å². The van der Waals surface area contributed by atoms with Gasteiger partial charge in [0.15, 0.2) is 0 Å². The summed E-state index contributed by atoms with van der Waals surface area (Å²) in [5, 5.41) is 19.6. The van der Waals surface area contributed by atoms with Crippen LogP contribution in [0, 0.1) is 10.1 Å². The Morgan fingerprint density at radius 2 is 2.21 bits per heavy atom. The van der Waals surface area contributed by atoms with Crippen LogP contribution in [0.15, 0.2) is 41.0 Å². The molecule has 0 radical (unpaired) electrons. The number of hydrogen-bond acceptors (Lipinski definition) is 5. The number of hydrogen-bond donors (Lipinski definition) is 1. The molecule has 2 rings (SSSR count). The van der Waals surface area contributed by atoms with Crippen molar-refractivity contribution in [3.63, 3.8) is 0 Å². The lowest BCUT2D eigenvalue weighted by Gasteiger charge is -2.05. The summed E-state index contributed by atoms with van der Waals surface area (Å²) in [4.78, 5) is 20.9. The molecule has 0 spiro atoms. The largest absolute Gasteiger partial charge is 0.486 e. The second-order valence-electron chi connectivity index (χ2n) is 3.61. The van der Waals surface area contributed by atoms with Crippen LogP contribution in [0.5, 0.6) is 5.75 Å². The number of carboxylic acids is 1. The SMILES string of the molecule is O=C(O)c1cc(OCc2ccco2)ccc1[N+](=O)[O-]. The smallest absolute Gasteiger partial charge is 0.342 e. The number of furan rings is 1. The third-order valence-corrected chi connectivity index (χ3v) is 2.36. The van der Waals surface area contributed by atoms with E-state index < -0.39 is 22.1 Å². The van der Waals surface area contributed by atoms with Gasteiger partial charge in [0.2, 0.25) is 0 Å². The fraction of sp³-hybridized carbons (Fsp3) is 0.0833. The van der Waals surface area contributed by atoms with Crippen molar-refractivity contribution in [2.45, 2.75) is 6.61 Å². The predicted molar refractivity (Wildman–Crippen MR) is 63.1 cm³/mol. The van der Waals surface area contributed by atoms with E-state index in [9.17, 15) is 14.9 Å². The second kappa shape index (κ2) is 5.21. The average molecular weight is 263 g/mol. The number of aromatic carboxylic acids is 1. The Kier molecular flexibility index (Phi) is 3.46. The van der Waals surface area contributed by atoms with Gasteiger partial charge in [0, 0.05) is 12.1 Å². The van der Waals surface area contributed by atoms with Gasteiger partial charge in [0.1, 0.15) is 23.7 Å². The Morgan fingerprint density at radius 1 is 1.42 bits per heavy atom. The summed E-state index contributed by atoms with van der Waals surface area (Å²) in [6, 6.07) is 6.94. The second-order valence-corrected chi connectivity index (χ2v) is 3.61. The minimum Gasteiger partial charge on any atom is -0.486 e. The summed E-state index contributed by atoms with van der Waals surface area (Å²) in [5.74, 6) is -0.593. The van der Waals surface area contributed by atoms with Crippen LogP contribution in [-0.4, -0.2) is 16.0 Å². The van der Waals surface area contributed by atoms with Gasteiger partial charge in [-0.1, -0.05) is 0 Å². The van der Waals surface area contributed by atoms with Crippen LogP contribution in [0.4, 0.5) is 5.69 Å². The molecule has 19 heavy (non-hydrogen) atoms. The van der Waals surface area contributed by atoms with Crippen molar-refractivity contribution < 1.29 is 24.0 Å². The van der Waals surface area contributed by atoms with Crippen LogP contribution in [0.25, 0.3) is 0 Å². The zero-order chi connectivity index (χ0) is 13.8. The summed E-state index contributed by atoms with van der Waals surface area (Å²) in [5.41, 5.74) is -0.889. The van der Waals surface area contributed by atoms with Gasteiger partial charge in [-0.2, -0.15) is 0 Å². The molecule has 1 aromatic heterocycles. The minimum atomic E-state index is -1.38. The predicted octanol–water partition coefficient (Wildman–Crippen LogP) is 2.47. The van der Waals surface area contributed by atoms with Crippen LogP contribution in [0.1, 0.15) is 16.1 Å². The third-order valence-electron chi connectivity index (χ3n) is 2.36. The highest BCUT2D eigenvalue weighted by atomic mass is 16.6. The standard InChI is InChI=1S/C12H9NO6/c14-12(15)10-6-8(3-4-11(10)13(16)17)19-7-9-2-1-5-18-9/h1-6H,7H2,(H,14,15). The Hall–Kier alpha value is -2.83. The molecule has 0 saturated heterocycles. The fourth-order valence-electron chi connectivity index (χ4n) is 1.48. The molecule has 1 heterocycles. The summed E-state index contributed by atoms with van der Waals surface area (Å²) in [6.45, 7) is 0.115. The minimum absolute atomic E-state index is 0.115. The molecule has 0 aliphatic rings. The highest BCUT2D eigenvalue weighted by molar-refractivity contribution is 5.92. The zero-order valence-electron chi connectivity index (χ0n) is 9.61. The topological polar surface area (TPSA) is 103 Å². The van der Waals surface area contributed by atoms with Crippen LogP contribution in [-0.2, 0) is 6.61 Å². The first-order valence-electron chi connectivity index (χ1n) is 5.25. The number of nitro benzene ring substituents is 1. The van der Waals surface area contributed by atoms with Gasteiger partial charge in [-0.25, -0.2) is 4.79 Å². The van der Waals surface area contributed by atoms with Gasteiger partial charge in [-0.3, -0.25) is 10.1 Å². The Morgan fingerprint density at radius 3 is 2.79 bits per heavy atom. The summed E-state index contributed by atoms with van der Waals surface area (Å²) in [7, 11) is 0. The molecule has 0 amide bonds. The Labute approximate surface area is 107 Å². The molecular weight excluding hydrogens is 254 g/mol. The van der Waals surface area contributed by atoms with Gasteiger partial charge in [0.05, 0.1) is 11.2 Å². The van der Waals surface area contributed by atoms with Crippen molar-refractivity contribution in [1.82, 2.24) is 0 Å². The molecule has 1 aromatic carbocycles. The first kappa shape index (κ1) is 12.6. The number of carboxylic acid groups (broad SMARTS) is 1. The van der Waals surface area contributed by atoms with E-state index in [0.29, 0.717) is 5.76 Å². The maximum atomic E-state index is 10.9. The van der Waals surface area contributed by atoms with Crippen molar-refractivity contribution in [2.75, 3.05) is 0 Å². The molecule has 0 atom stereocenters. The monoisotopic (exact) mass is 263 g/mol. The molecule has 1 N–H and O–H groups in total. The van der Waals surface area contributed by atoms with E-state index in [4.69, 9.17) is 14.3 Å². The number of ether oxygens (including phenoxy) is 1. The van der Waals surface area contributed by atoms with Gasteiger partial charge in [-0.05, 0) is 18.2 Å². The zero-order valence-corrected chi connectivity index (χ0v) is 9.61. The van der Waals surface area contributed by atoms with Crippen molar-refractivity contribution in [3.8, 4) is 5.75 Å². The van der Waals surface area contributed by atoms with E-state index >= 15 is 0 Å². The van der Waals surface area contributed by atoms with Crippen LogP contribution >= 0.6 is 0 Å². The third kappa shape index (κ3) is 2.89. The molecule has 0 bridgehead atoms. The summed E-state index contributed by atoms with van der Waals surface area (Å²) in [6.07, 6.45) is 1.48. The van der Waals surface area contributed by atoms with Gasteiger partial charge < -0.3 is 14.3 Å². The Bertz CT molecular complexity index is 605. The first-order valence-corrected chi connectivity index (χ1v) is 5.25. The van der Waals surface area contributed by atoms with E-state index in [1.165, 1.54) is 12.3 Å². The first-order chi connectivity index (χ1) is 9.08. The molecule has 7 heteroatoms. The van der Waals surface area contributed by atoms with Crippen molar-refractivity contribution in [2.24, 2.45) is 0 Å². The highest BCUT2D eigenvalue weighted by Gasteiger charge is 2.20. The lowest BCUT2D eigenvalue weighted by molar-refractivity contribution is -0.385. The van der Waals surface area contributed by atoms with Crippen molar-refractivity contribution >= 4 is 11.7 Å². The van der Waals surface area contributed by atoms with Gasteiger partial charge in [0.25, 0.3) is 5.69 Å². The maximum absolute atomic E-state index is 10.9. The molecule has 0 fully saturated rings. The number of rotatable bonds is 5. The normalized spacial score (nSPS) is 10.1. The van der Waals surface area contributed by atoms with Crippen LogP contribution < -0.4 is 4.74 Å². The van der Waals surface area contributed by atoms with Crippen LogP contribution in [0.3, 0.4) is 0 Å². The lowest BCUT2D eigenvalue weighted by atomic mass is 10.1. The summed E-state index contributed by atoms with van der Waals surface area (Å²) >= 11 is 0. The summed E-state index contributed by atoms with van der Waals surface area (Å²) < 4.78 is 10.3. The quantitative estimate of drug-likeness (QED) is 0.656. The van der Waals surface area contributed by atoms with Crippen molar-refractivity contribution in [3.05, 3.63) is 58.0 Å². The highest BCUT2D eigenvalue weighted by Crippen LogP contribution is 2.24. The van der Waals surface area contributed by atoms with Crippen molar-refractivity contribution in [1.29, 1.82) is 0 Å². The van der Waals surface area contributed by atoms with Crippen LogP contribution in [0.2, 0.25) is 0 Å². The molecular formula is C12H9NO6. The van der Waals surface area contributed by atoms with E-state index in [1.54, 1.807) is 12.1 Å². The van der Waals surface area contributed by atoms with Gasteiger partial charge >= 0.3 is 5.97 Å². The fourth-order valence-corrected chi connectivity index (χ4v) is 1.48. The van der Waals surface area contributed by atoms with E-state index in [-0.39, 0.29) is 12.4 Å². The maximum Gasteiger partial charge on any atom is 0.342 e.